The Labute approximate surface area is 110 Å². The first-order chi connectivity index (χ1) is 8.11. The molecule has 0 aliphatic rings. The first-order valence-corrected chi connectivity index (χ1v) is 6.08. The number of ether oxygens (including phenoxy) is 2. The second kappa shape index (κ2) is 6.45. The Kier molecular flexibility index (Phi) is 5.22. The Morgan fingerprint density at radius 2 is 2.00 bits per heavy atom. The lowest BCUT2D eigenvalue weighted by atomic mass is 10.1. The summed E-state index contributed by atoms with van der Waals surface area (Å²) in [5.74, 6) is 0.383. The summed E-state index contributed by atoms with van der Waals surface area (Å²) in [6, 6.07) is 7.49. The number of halogens is 1. The van der Waals surface area contributed by atoms with Crippen LogP contribution in [0.3, 0.4) is 0 Å². The summed E-state index contributed by atoms with van der Waals surface area (Å²) in [4.78, 5) is 11.6. The molecule has 1 aromatic carbocycles. The summed E-state index contributed by atoms with van der Waals surface area (Å²) in [5.41, 5.74) is 1.36. The molecule has 1 aromatic rings. The summed E-state index contributed by atoms with van der Waals surface area (Å²) >= 11 is 3.41. The molecular weight excluding hydrogens is 284 g/mol. The lowest BCUT2D eigenvalue weighted by Crippen LogP contribution is -2.06. The Balaban J connectivity index is 3.13. The number of rotatable bonds is 4. The fraction of sp³-hybridized carbons (Fsp3) is 0.308. The molecule has 3 nitrogen and oxygen atoms in total. The van der Waals surface area contributed by atoms with E-state index >= 15 is 0 Å². The molecule has 0 saturated carbocycles. The molecule has 0 fully saturated rings. The van der Waals surface area contributed by atoms with Gasteiger partial charge in [-0.25, -0.2) is 4.79 Å². The maximum Gasteiger partial charge on any atom is 0.334 e. The van der Waals surface area contributed by atoms with E-state index in [-0.39, 0.29) is 5.97 Å². The SMILES string of the molecule is CCOC(=O)/C(C)=C(/Br)c1ccccc1OC. The predicted molar refractivity (Wildman–Crippen MR) is 71.1 cm³/mol. The van der Waals surface area contributed by atoms with Crippen LogP contribution >= 0.6 is 15.9 Å². The van der Waals surface area contributed by atoms with E-state index in [9.17, 15) is 4.79 Å². The van der Waals surface area contributed by atoms with Gasteiger partial charge < -0.3 is 9.47 Å². The zero-order valence-corrected chi connectivity index (χ0v) is 11.7. The minimum atomic E-state index is -0.328. The van der Waals surface area contributed by atoms with E-state index in [1.54, 1.807) is 21.0 Å². The average molecular weight is 299 g/mol. The van der Waals surface area contributed by atoms with Crippen LogP contribution in [-0.4, -0.2) is 19.7 Å². The third-order valence-electron chi connectivity index (χ3n) is 2.25. The largest absolute Gasteiger partial charge is 0.496 e. The number of carbonyl (C=O) groups excluding carboxylic acids is 1. The Morgan fingerprint density at radius 1 is 1.35 bits per heavy atom. The van der Waals surface area contributed by atoms with Crippen molar-refractivity contribution < 1.29 is 14.3 Å². The van der Waals surface area contributed by atoms with E-state index in [0.29, 0.717) is 22.4 Å². The Hall–Kier alpha value is -1.29. The van der Waals surface area contributed by atoms with Crippen molar-refractivity contribution in [3.05, 3.63) is 35.4 Å². The molecule has 0 saturated heterocycles. The minimum absolute atomic E-state index is 0.328. The molecule has 0 N–H and O–H groups in total. The highest BCUT2D eigenvalue weighted by Crippen LogP contribution is 2.32. The highest BCUT2D eigenvalue weighted by Gasteiger charge is 2.14. The van der Waals surface area contributed by atoms with Crippen LogP contribution in [0.15, 0.2) is 29.8 Å². The average Bonchev–Trinajstić information content (AvgIpc) is 2.37. The van der Waals surface area contributed by atoms with Crippen LogP contribution in [0.1, 0.15) is 19.4 Å². The third-order valence-corrected chi connectivity index (χ3v) is 3.28. The molecule has 0 aliphatic heterocycles. The molecule has 0 unspecified atom stereocenters. The quantitative estimate of drug-likeness (QED) is 0.631. The van der Waals surface area contributed by atoms with Gasteiger partial charge in [0, 0.05) is 15.6 Å². The molecule has 0 radical (unpaired) electrons. The van der Waals surface area contributed by atoms with Crippen molar-refractivity contribution in [2.45, 2.75) is 13.8 Å². The standard InChI is InChI=1S/C13H15BrO3/c1-4-17-13(15)9(2)12(14)10-7-5-6-8-11(10)16-3/h5-8H,4H2,1-3H3/b12-9+. The monoisotopic (exact) mass is 298 g/mol. The van der Waals surface area contributed by atoms with Gasteiger partial charge in [-0.2, -0.15) is 0 Å². The summed E-state index contributed by atoms with van der Waals surface area (Å²) in [5, 5.41) is 0. The first-order valence-electron chi connectivity index (χ1n) is 5.28. The molecule has 0 aromatic heterocycles. The Morgan fingerprint density at radius 3 is 2.59 bits per heavy atom. The lowest BCUT2D eigenvalue weighted by molar-refractivity contribution is -0.138. The predicted octanol–water partition coefficient (Wildman–Crippen LogP) is 3.38. The molecule has 17 heavy (non-hydrogen) atoms. The topological polar surface area (TPSA) is 35.5 Å². The van der Waals surface area contributed by atoms with Crippen molar-refractivity contribution in [3.8, 4) is 5.75 Å². The van der Waals surface area contributed by atoms with E-state index < -0.39 is 0 Å². The molecule has 1 rings (SSSR count). The summed E-state index contributed by atoms with van der Waals surface area (Å²) in [6.07, 6.45) is 0. The second-order valence-electron chi connectivity index (χ2n) is 3.36. The van der Waals surface area contributed by atoms with Crippen molar-refractivity contribution in [2.75, 3.05) is 13.7 Å². The molecule has 0 heterocycles. The van der Waals surface area contributed by atoms with Crippen molar-refractivity contribution >= 4 is 26.4 Å². The molecular formula is C13H15BrO3. The molecule has 0 bridgehead atoms. The van der Waals surface area contributed by atoms with Crippen LogP contribution in [0.25, 0.3) is 4.48 Å². The summed E-state index contributed by atoms with van der Waals surface area (Å²) in [6.45, 7) is 3.86. The Bertz CT molecular complexity index is 438. The van der Waals surface area contributed by atoms with Gasteiger partial charge in [-0.05, 0) is 35.8 Å². The number of carbonyl (C=O) groups is 1. The van der Waals surface area contributed by atoms with Crippen LogP contribution < -0.4 is 4.74 Å². The van der Waals surface area contributed by atoms with Gasteiger partial charge in [0.25, 0.3) is 0 Å². The maximum absolute atomic E-state index is 11.6. The smallest absolute Gasteiger partial charge is 0.334 e. The van der Waals surface area contributed by atoms with Crippen LogP contribution in [-0.2, 0) is 9.53 Å². The zero-order chi connectivity index (χ0) is 12.8. The van der Waals surface area contributed by atoms with Gasteiger partial charge in [-0.15, -0.1) is 0 Å². The number of para-hydroxylation sites is 1. The van der Waals surface area contributed by atoms with Gasteiger partial charge in [0.05, 0.1) is 13.7 Å². The van der Waals surface area contributed by atoms with Crippen molar-refractivity contribution in [1.82, 2.24) is 0 Å². The molecule has 0 spiro atoms. The van der Waals surface area contributed by atoms with Gasteiger partial charge in [0.15, 0.2) is 0 Å². The van der Waals surface area contributed by atoms with Crippen LogP contribution in [0.4, 0.5) is 0 Å². The maximum atomic E-state index is 11.6. The number of methoxy groups -OCH3 is 1. The van der Waals surface area contributed by atoms with Crippen LogP contribution in [0, 0.1) is 0 Å². The zero-order valence-electron chi connectivity index (χ0n) is 10.1. The van der Waals surface area contributed by atoms with Crippen molar-refractivity contribution in [2.24, 2.45) is 0 Å². The van der Waals surface area contributed by atoms with E-state index in [0.717, 1.165) is 5.56 Å². The van der Waals surface area contributed by atoms with E-state index in [4.69, 9.17) is 9.47 Å². The van der Waals surface area contributed by atoms with Gasteiger partial charge in [0.2, 0.25) is 0 Å². The second-order valence-corrected chi connectivity index (χ2v) is 4.15. The molecule has 4 heteroatoms. The fourth-order valence-corrected chi connectivity index (χ4v) is 1.85. The van der Waals surface area contributed by atoms with Crippen LogP contribution in [0.2, 0.25) is 0 Å². The van der Waals surface area contributed by atoms with E-state index in [1.807, 2.05) is 24.3 Å². The highest BCUT2D eigenvalue weighted by atomic mass is 79.9. The number of esters is 1. The number of hydrogen-bond donors (Lipinski definition) is 0. The van der Waals surface area contributed by atoms with Gasteiger partial charge in [-0.1, -0.05) is 18.2 Å². The van der Waals surface area contributed by atoms with Crippen LogP contribution in [0.5, 0.6) is 5.75 Å². The van der Waals surface area contributed by atoms with E-state index in [1.165, 1.54) is 0 Å². The van der Waals surface area contributed by atoms with Crippen molar-refractivity contribution in [1.29, 1.82) is 0 Å². The highest BCUT2D eigenvalue weighted by molar-refractivity contribution is 9.15. The van der Waals surface area contributed by atoms with Gasteiger partial charge in [0.1, 0.15) is 5.75 Å². The molecule has 0 amide bonds. The molecule has 0 aliphatic carbocycles. The third kappa shape index (κ3) is 3.33. The van der Waals surface area contributed by atoms with Crippen molar-refractivity contribution in [3.63, 3.8) is 0 Å². The fourth-order valence-electron chi connectivity index (χ4n) is 1.36. The van der Waals surface area contributed by atoms with E-state index in [2.05, 4.69) is 15.9 Å². The normalized spacial score (nSPS) is 11.8. The lowest BCUT2D eigenvalue weighted by Gasteiger charge is -2.10. The van der Waals surface area contributed by atoms with Gasteiger partial charge in [-0.3, -0.25) is 0 Å². The summed E-state index contributed by atoms with van der Waals surface area (Å²) in [7, 11) is 1.60. The number of benzene rings is 1. The summed E-state index contributed by atoms with van der Waals surface area (Å²) < 4.78 is 10.9. The first kappa shape index (κ1) is 13.8. The number of hydrogen-bond acceptors (Lipinski definition) is 3. The molecule has 0 atom stereocenters. The minimum Gasteiger partial charge on any atom is -0.496 e. The van der Waals surface area contributed by atoms with Gasteiger partial charge >= 0.3 is 5.97 Å². The molecule has 92 valence electrons.